The summed E-state index contributed by atoms with van der Waals surface area (Å²) in [5.41, 5.74) is 1.25. The molecule has 0 saturated carbocycles. The van der Waals surface area contributed by atoms with Crippen LogP contribution in [0, 0.1) is 5.92 Å². The summed E-state index contributed by atoms with van der Waals surface area (Å²) in [5, 5.41) is 2.97. The molecule has 7 nitrogen and oxygen atoms in total. The molecular formula is C21H23ClN2O5S. The number of ether oxygens (including phenoxy) is 1. The molecule has 1 aliphatic rings. The third-order valence-electron chi connectivity index (χ3n) is 4.98. The summed E-state index contributed by atoms with van der Waals surface area (Å²) in [4.78, 5) is 24.5. The molecule has 1 aliphatic heterocycles. The second-order valence-corrected chi connectivity index (χ2v) is 9.49. The Morgan fingerprint density at radius 2 is 1.93 bits per heavy atom. The smallest absolute Gasteiger partial charge is 0.339 e. The van der Waals surface area contributed by atoms with E-state index in [1.807, 2.05) is 6.07 Å². The first-order valence-corrected chi connectivity index (χ1v) is 11.5. The molecule has 160 valence electrons. The molecule has 30 heavy (non-hydrogen) atoms. The summed E-state index contributed by atoms with van der Waals surface area (Å²) in [6.07, 6.45) is 1.18. The quantitative estimate of drug-likeness (QED) is 0.681. The molecule has 0 aromatic heterocycles. The lowest BCUT2D eigenvalue weighted by molar-refractivity contribution is -0.120. The van der Waals surface area contributed by atoms with Crippen LogP contribution in [0.2, 0.25) is 5.02 Å². The molecule has 2 aromatic rings. The van der Waals surface area contributed by atoms with E-state index < -0.39 is 21.9 Å². The van der Waals surface area contributed by atoms with E-state index in [0.29, 0.717) is 30.6 Å². The summed E-state index contributed by atoms with van der Waals surface area (Å²) in [7, 11) is -2.28. The van der Waals surface area contributed by atoms with Gasteiger partial charge in [-0.15, -0.1) is 0 Å². The maximum absolute atomic E-state index is 12.8. The number of nitrogens with one attached hydrogen (secondary N) is 1. The number of piperidine rings is 1. The summed E-state index contributed by atoms with van der Waals surface area (Å²) in [6.45, 7) is 0.519. The fourth-order valence-corrected chi connectivity index (χ4v) is 5.20. The summed E-state index contributed by atoms with van der Waals surface area (Å²) < 4.78 is 31.7. The van der Waals surface area contributed by atoms with E-state index in [0.717, 1.165) is 0 Å². The Kier molecular flexibility index (Phi) is 7.12. The number of rotatable bonds is 6. The molecule has 1 atom stereocenters. The van der Waals surface area contributed by atoms with E-state index in [-0.39, 0.29) is 28.8 Å². The van der Waals surface area contributed by atoms with E-state index in [4.69, 9.17) is 11.6 Å². The first kappa shape index (κ1) is 22.3. The van der Waals surface area contributed by atoms with Crippen molar-refractivity contribution in [3.63, 3.8) is 0 Å². The lowest BCUT2D eigenvalue weighted by atomic mass is 9.98. The Balaban J connectivity index is 1.68. The molecule has 1 unspecified atom stereocenters. The van der Waals surface area contributed by atoms with Crippen molar-refractivity contribution in [2.45, 2.75) is 18.6 Å². The fraction of sp³-hybridized carbons (Fsp3) is 0.333. The summed E-state index contributed by atoms with van der Waals surface area (Å²) in [6, 6.07) is 13.5. The highest BCUT2D eigenvalue weighted by molar-refractivity contribution is 7.88. The standard InChI is InChI=1S/C21H23ClN2O5S/c1-29-21(26)18-12-17(9-10-19(18)22)23-20(25)16-8-5-11-24(13-16)30(27,28)14-15-6-3-2-4-7-15/h2-4,6-7,9-10,12,16H,5,8,11,13-14H2,1H3,(H,23,25). The van der Waals surface area contributed by atoms with Gasteiger partial charge in [-0.1, -0.05) is 41.9 Å². The van der Waals surface area contributed by atoms with Gasteiger partial charge in [-0.2, -0.15) is 0 Å². The largest absolute Gasteiger partial charge is 0.465 e. The van der Waals surface area contributed by atoms with Crippen LogP contribution in [0.1, 0.15) is 28.8 Å². The highest BCUT2D eigenvalue weighted by atomic mass is 35.5. The minimum Gasteiger partial charge on any atom is -0.465 e. The molecular weight excluding hydrogens is 428 g/mol. The zero-order valence-corrected chi connectivity index (χ0v) is 18.1. The number of sulfonamides is 1. The third kappa shape index (κ3) is 5.38. The molecule has 2 aromatic carbocycles. The minimum absolute atomic E-state index is 0.0954. The monoisotopic (exact) mass is 450 g/mol. The first-order valence-electron chi connectivity index (χ1n) is 9.50. The predicted octanol–water partition coefficient (Wildman–Crippen LogP) is 3.31. The second-order valence-electron chi connectivity index (χ2n) is 7.11. The Bertz CT molecular complexity index is 1030. The van der Waals surface area contributed by atoms with Crippen LogP contribution in [-0.4, -0.2) is 44.8 Å². The van der Waals surface area contributed by atoms with Gasteiger partial charge in [-0.25, -0.2) is 17.5 Å². The van der Waals surface area contributed by atoms with Crippen LogP contribution in [0.5, 0.6) is 0 Å². The Labute approximate surface area is 181 Å². The van der Waals surface area contributed by atoms with Gasteiger partial charge in [-0.05, 0) is 36.6 Å². The van der Waals surface area contributed by atoms with E-state index >= 15 is 0 Å². The molecule has 1 heterocycles. The fourth-order valence-electron chi connectivity index (χ4n) is 3.40. The van der Waals surface area contributed by atoms with Gasteiger partial charge in [0.2, 0.25) is 15.9 Å². The number of methoxy groups -OCH3 is 1. The van der Waals surface area contributed by atoms with Gasteiger partial charge in [0.25, 0.3) is 0 Å². The van der Waals surface area contributed by atoms with Gasteiger partial charge in [0, 0.05) is 18.8 Å². The van der Waals surface area contributed by atoms with Crippen molar-refractivity contribution >= 4 is 39.2 Å². The molecule has 1 amide bonds. The number of halogens is 1. The molecule has 1 N–H and O–H groups in total. The maximum atomic E-state index is 12.8. The van der Waals surface area contributed by atoms with Gasteiger partial charge < -0.3 is 10.1 Å². The number of esters is 1. The van der Waals surface area contributed by atoms with E-state index in [1.165, 1.54) is 23.5 Å². The topological polar surface area (TPSA) is 92.8 Å². The molecule has 1 fully saturated rings. The molecule has 0 bridgehead atoms. The lowest BCUT2D eigenvalue weighted by Crippen LogP contribution is -2.44. The zero-order valence-electron chi connectivity index (χ0n) is 16.5. The second kappa shape index (κ2) is 9.59. The number of hydrogen-bond acceptors (Lipinski definition) is 5. The van der Waals surface area contributed by atoms with Gasteiger partial charge in [0.15, 0.2) is 0 Å². The molecule has 0 spiro atoms. The van der Waals surface area contributed by atoms with Crippen molar-refractivity contribution in [3.05, 3.63) is 64.7 Å². The number of nitrogens with zero attached hydrogens (tertiary/aromatic N) is 1. The van der Waals surface area contributed by atoms with E-state index in [2.05, 4.69) is 10.1 Å². The summed E-state index contributed by atoms with van der Waals surface area (Å²) >= 11 is 6.00. The molecule has 0 aliphatic carbocycles. The van der Waals surface area contributed by atoms with Crippen LogP contribution < -0.4 is 5.32 Å². The van der Waals surface area contributed by atoms with Crippen LogP contribution >= 0.6 is 11.6 Å². The minimum atomic E-state index is -3.53. The van der Waals surface area contributed by atoms with Gasteiger partial charge in [-0.3, -0.25) is 4.79 Å². The molecule has 3 rings (SSSR count). The van der Waals surface area contributed by atoms with Crippen LogP contribution in [-0.2, 0) is 25.3 Å². The SMILES string of the molecule is COC(=O)c1cc(NC(=O)C2CCCN(S(=O)(=O)Cc3ccccc3)C2)ccc1Cl. The lowest BCUT2D eigenvalue weighted by Gasteiger charge is -2.31. The molecule has 1 saturated heterocycles. The highest BCUT2D eigenvalue weighted by Crippen LogP contribution is 2.25. The van der Waals surface area contributed by atoms with Crippen molar-refractivity contribution in [1.29, 1.82) is 0 Å². The maximum Gasteiger partial charge on any atom is 0.339 e. The number of hydrogen-bond donors (Lipinski definition) is 1. The van der Waals surface area contributed by atoms with Crippen LogP contribution in [0.15, 0.2) is 48.5 Å². The average Bonchev–Trinajstić information content (AvgIpc) is 2.75. The Morgan fingerprint density at radius 3 is 2.63 bits per heavy atom. The number of carbonyl (C=O) groups is 2. The highest BCUT2D eigenvalue weighted by Gasteiger charge is 2.32. The van der Waals surface area contributed by atoms with Crippen LogP contribution in [0.3, 0.4) is 0 Å². The van der Waals surface area contributed by atoms with Crippen molar-refractivity contribution in [1.82, 2.24) is 4.31 Å². The van der Waals surface area contributed by atoms with Crippen molar-refractivity contribution < 1.29 is 22.7 Å². The normalized spacial score (nSPS) is 17.3. The van der Waals surface area contributed by atoms with Gasteiger partial charge in [0.05, 0.1) is 29.4 Å². The Hall–Kier alpha value is -2.42. The number of anilines is 1. The average molecular weight is 451 g/mol. The molecule has 9 heteroatoms. The van der Waals surface area contributed by atoms with E-state index in [9.17, 15) is 18.0 Å². The van der Waals surface area contributed by atoms with Crippen LogP contribution in [0.4, 0.5) is 5.69 Å². The third-order valence-corrected chi connectivity index (χ3v) is 7.13. The van der Waals surface area contributed by atoms with Crippen molar-refractivity contribution in [2.75, 3.05) is 25.5 Å². The van der Waals surface area contributed by atoms with Crippen LogP contribution in [0.25, 0.3) is 0 Å². The van der Waals surface area contributed by atoms with Gasteiger partial charge >= 0.3 is 5.97 Å². The first-order chi connectivity index (χ1) is 14.3. The van der Waals surface area contributed by atoms with Crippen molar-refractivity contribution in [2.24, 2.45) is 5.92 Å². The number of benzene rings is 2. The zero-order chi connectivity index (χ0) is 21.7. The van der Waals surface area contributed by atoms with Gasteiger partial charge in [0.1, 0.15) is 0 Å². The number of carbonyl (C=O) groups excluding carboxylic acids is 2. The summed E-state index contributed by atoms with van der Waals surface area (Å²) in [5.74, 6) is -1.48. The van der Waals surface area contributed by atoms with E-state index in [1.54, 1.807) is 30.3 Å². The molecule has 0 radical (unpaired) electrons. The predicted molar refractivity (Wildman–Crippen MR) is 115 cm³/mol. The Morgan fingerprint density at radius 1 is 1.20 bits per heavy atom. The van der Waals surface area contributed by atoms with Crippen molar-refractivity contribution in [3.8, 4) is 0 Å². The number of amides is 1.